The standard InChI is InChI=1S/C17H14N6O3/c1-25-17(24)10-4-8(2-3-12(10)18)14-13-15(26-23-16(13)19)11(7-20-14)9-5-21-22-6-9/h2-7H,18H2,1H3,(H2,19,23)(H,21,22). The number of methoxy groups -OCH3 is 1. The molecule has 4 aromatic rings. The van der Waals surface area contributed by atoms with Gasteiger partial charge in [-0.25, -0.2) is 4.79 Å². The molecule has 5 N–H and O–H groups in total. The molecule has 3 aromatic heterocycles. The van der Waals surface area contributed by atoms with Crippen molar-refractivity contribution in [2.24, 2.45) is 0 Å². The van der Waals surface area contributed by atoms with Gasteiger partial charge >= 0.3 is 5.97 Å². The number of carbonyl (C=O) groups is 1. The molecule has 1 aromatic carbocycles. The SMILES string of the molecule is COC(=O)c1cc(-c2ncc(-c3cn[nH]c3)c3onc(N)c23)ccc1N. The first-order valence-corrected chi connectivity index (χ1v) is 7.61. The summed E-state index contributed by atoms with van der Waals surface area (Å²) in [7, 11) is 1.29. The molecule has 0 spiro atoms. The molecule has 0 aliphatic rings. The summed E-state index contributed by atoms with van der Waals surface area (Å²) in [5.74, 6) is -0.335. The van der Waals surface area contributed by atoms with Gasteiger partial charge in [0.25, 0.3) is 0 Å². The quantitative estimate of drug-likeness (QED) is 0.376. The maximum absolute atomic E-state index is 11.9. The van der Waals surface area contributed by atoms with E-state index in [1.807, 2.05) is 0 Å². The minimum Gasteiger partial charge on any atom is -0.465 e. The van der Waals surface area contributed by atoms with Gasteiger partial charge in [0.05, 0.1) is 30.0 Å². The number of nitrogen functional groups attached to an aromatic ring is 2. The van der Waals surface area contributed by atoms with Crippen LogP contribution in [0.15, 0.2) is 41.3 Å². The number of hydrogen-bond donors (Lipinski definition) is 3. The number of nitrogens with two attached hydrogens (primary N) is 2. The molecular weight excluding hydrogens is 336 g/mol. The van der Waals surface area contributed by atoms with E-state index in [9.17, 15) is 4.79 Å². The topological polar surface area (TPSA) is 146 Å². The summed E-state index contributed by atoms with van der Waals surface area (Å²) in [6, 6.07) is 4.96. The number of nitrogens with one attached hydrogen (secondary N) is 1. The number of esters is 1. The highest BCUT2D eigenvalue weighted by atomic mass is 16.5. The lowest BCUT2D eigenvalue weighted by molar-refractivity contribution is 0.0602. The number of H-pyrrole nitrogens is 1. The molecular formula is C17H14N6O3. The van der Waals surface area contributed by atoms with Gasteiger partial charge in [0.1, 0.15) is 0 Å². The largest absolute Gasteiger partial charge is 0.465 e. The molecule has 0 amide bonds. The fraction of sp³-hybridized carbons (Fsp3) is 0.0588. The van der Waals surface area contributed by atoms with Crippen LogP contribution in [-0.2, 0) is 4.74 Å². The zero-order valence-corrected chi connectivity index (χ0v) is 13.7. The summed E-state index contributed by atoms with van der Waals surface area (Å²) < 4.78 is 10.2. The lowest BCUT2D eigenvalue weighted by Crippen LogP contribution is -2.06. The molecule has 9 heteroatoms. The van der Waals surface area contributed by atoms with Crippen LogP contribution in [-0.4, -0.2) is 33.4 Å². The molecule has 0 radical (unpaired) electrons. The number of aromatic nitrogens is 4. The number of aromatic amines is 1. The summed E-state index contributed by atoms with van der Waals surface area (Å²) in [5, 5.41) is 11.1. The summed E-state index contributed by atoms with van der Waals surface area (Å²) in [6.07, 6.45) is 5.00. The van der Waals surface area contributed by atoms with E-state index >= 15 is 0 Å². The van der Waals surface area contributed by atoms with E-state index in [2.05, 4.69) is 20.3 Å². The molecule has 0 fully saturated rings. The third kappa shape index (κ3) is 2.34. The first kappa shape index (κ1) is 15.6. The van der Waals surface area contributed by atoms with Crippen molar-refractivity contribution in [3.8, 4) is 22.4 Å². The van der Waals surface area contributed by atoms with Gasteiger partial charge in [-0.1, -0.05) is 11.2 Å². The minimum atomic E-state index is -0.533. The van der Waals surface area contributed by atoms with Crippen molar-refractivity contribution in [3.05, 3.63) is 42.4 Å². The van der Waals surface area contributed by atoms with Gasteiger partial charge in [0, 0.05) is 34.8 Å². The molecule has 4 rings (SSSR count). The Morgan fingerprint density at radius 2 is 2.08 bits per heavy atom. The third-order valence-corrected chi connectivity index (χ3v) is 4.06. The van der Waals surface area contributed by atoms with Gasteiger partial charge in [-0.2, -0.15) is 5.10 Å². The number of anilines is 2. The maximum atomic E-state index is 11.9. The van der Waals surface area contributed by atoms with E-state index in [0.29, 0.717) is 33.5 Å². The van der Waals surface area contributed by atoms with Gasteiger partial charge in [-0.3, -0.25) is 10.1 Å². The molecule has 9 nitrogen and oxygen atoms in total. The molecule has 130 valence electrons. The first-order valence-electron chi connectivity index (χ1n) is 7.61. The maximum Gasteiger partial charge on any atom is 0.339 e. The van der Waals surface area contributed by atoms with Crippen LogP contribution in [0.2, 0.25) is 0 Å². The Kier molecular flexibility index (Phi) is 3.54. The Labute approximate surface area is 146 Å². The van der Waals surface area contributed by atoms with Crippen molar-refractivity contribution >= 4 is 28.4 Å². The minimum absolute atomic E-state index is 0.198. The number of ether oxygens (including phenoxy) is 1. The van der Waals surface area contributed by atoms with E-state index in [-0.39, 0.29) is 11.4 Å². The molecule has 0 aliphatic heterocycles. The summed E-state index contributed by atoms with van der Waals surface area (Å²) in [6.45, 7) is 0. The third-order valence-electron chi connectivity index (χ3n) is 4.06. The Balaban J connectivity index is 1.95. The zero-order chi connectivity index (χ0) is 18.3. The van der Waals surface area contributed by atoms with Gasteiger partial charge in [-0.15, -0.1) is 0 Å². The number of fused-ring (bicyclic) bond motifs is 1. The van der Waals surface area contributed by atoms with Crippen LogP contribution >= 0.6 is 0 Å². The number of rotatable bonds is 3. The van der Waals surface area contributed by atoms with Crippen LogP contribution in [0.4, 0.5) is 11.5 Å². The van der Waals surface area contributed by atoms with Gasteiger partial charge in [-0.05, 0) is 12.1 Å². The molecule has 0 saturated carbocycles. The van der Waals surface area contributed by atoms with Crippen LogP contribution in [0, 0.1) is 0 Å². The first-order chi connectivity index (χ1) is 12.6. The summed E-state index contributed by atoms with van der Waals surface area (Å²) in [4.78, 5) is 16.4. The van der Waals surface area contributed by atoms with Crippen molar-refractivity contribution in [2.75, 3.05) is 18.6 Å². The van der Waals surface area contributed by atoms with E-state index in [0.717, 1.165) is 5.56 Å². The van der Waals surface area contributed by atoms with E-state index in [1.54, 1.807) is 36.8 Å². The van der Waals surface area contributed by atoms with Gasteiger partial charge in [0.15, 0.2) is 11.4 Å². The monoisotopic (exact) mass is 350 g/mol. The van der Waals surface area contributed by atoms with Crippen molar-refractivity contribution in [1.29, 1.82) is 0 Å². The number of hydrogen-bond acceptors (Lipinski definition) is 8. The number of carbonyl (C=O) groups excluding carboxylic acids is 1. The highest BCUT2D eigenvalue weighted by Gasteiger charge is 2.20. The second-order valence-electron chi connectivity index (χ2n) is 5.57. The number of nitrogens with zero attached hydrogens (tertiary/aromatic N) is 3. The molecule has 26 heavy (non-hydrogen) atoms. The molecule has 0 saturated heterocycles. The molecule has 3 heterocycles. The number of pyridine rings is 1. The number of benzene rings is 1. The predicted octanol–water partition coefficient (Wildman–Crippen LogP) is 2.23. The van der Waals surface area contributed by atoms with Crippen molar-refractivity contribution in [3.63, 3.8) is 0 Å². The predicted molar refractivity (Wildman–Crippen MR) is 95.0 cm³/mol. The molecule has 0 aliphatic carbocycles. The highest BCUT2D eigenvalue weighted by Crippen LogP contribution is 2.37. The van der Waals surface area contributed by atoms with Crippen molar-refractivity contribution < 1.29 is 14.1 Å². The molecule has 0 unspecified atom stereocenters. The fourth-order valence-corrected chi connectivity index (χ4v) is 2.78. The van der Waals surface area contributed by atoms with Crippen LogP contribution < -0.4 is 11.5 Å². The summed E-state index contributed by atoms with van der Waals surface area (Å²) in [5.41, 5.74) is 15.6. The molecule has 0 atom stereocenters. The highest BCUT2D eigenvalue weighted by molar-refractivity contribution is 6.06. The Bertz CT molecular complexity index is 1120. The zero-order valence-electron chi connectivity index (χ0n) is 13.7. The van der Waals surface area contributed by atoms with Crippen LogP contribution in [0.25, 0.3) is 33.4 Å². The fourth-order valence-electron chi connectivity index (χ4n) is 2.78. The lowest BCUT2D eigenvalue weighted by Gasteiger charge is -2.09. The summed E-state index contributed by atoms with van der Waals surface area (Å²) >= 11 is 0. The van der Waals surface area contributed by atoms with Crippen LogP contribution in [0.5, 0.6) is 0 Å². The van der Waals surface area contributed by atoms with E-state index in [1.165, 1.54) is 7.11 Å². The van der Waals surface area contributed by atoms with E-state index < -0.39 is 5.97 Å². The van der Waals surface area contributed by atoms with Crippen molar-refractivity contribution in [2.45, 2.75) is 0 Å². The second-order valence-corrected chi connectivity index (χ2v) is 5.57. The van der Waals surface area contributed by atoms with Gasteiger partial charge < -0.3 is 20.7 Å². The van der Waals surface area contributed by atoms with Crippen LogP contribution in [0.3, 0.4) is 0 Å². The van der Waals surface area contributed by atoms with Crippen LogP contribution in [0.1, 0.15) is 10.4 Å². The molecule has 0 bridgehead atoms. The van der Waals surface area contributed by atoms with Crippen molar-refractivity contribution in [1.82, 2.24) is 20.3 Å². The normalized spacial score (nSPS) is 11.0. The Hall–Kier alpha value is -3.88. The average molecular weight is 350 g/mol. The Morgan fingerprint density at radius 3 is 2.81 bits per heavy atom. The second kappa shape index (κ2) is 5.88. The van der Waals surface area contributed by atoms with E-state index in [4.69, 9.17) is 20.7 Å². The smallest absolute Gasteiger partial charge is 0.339 e. The van der Waals surface area contributed by atoms with Gasteiger partial charge in [0.2, 0.25) is 0 Å². The average Bonchev–Trinajstić information content (AvgIpc) is 3.32. The Morgan fingerprint density at radius 1 is 1.23 bits per heavy atom. The lowest BCUT2D eigenvalue weighted by atomic mass is 10.0.